The zero-order chi connectivity index (χ0) is 14.7. The Morgan fingerprint density at radius 2 is 1.95 bits per heavy atom. The highest BCUT2D eigenvalue weighted by molar-refractivity contribution is 5.88. The number of hydrogen-bond acceptors (Lipinski definition) is 4. The van der Waals surface area contributed by atoms with Gasteiger partial charge in [0.1, 0.15) is 17.2 Å². The summed E-state index contributed by atoms with van der Waals surface area (Å²) in [6.45, 7) is 3.57. The maximum atomic E-state index is 13.7. The first kappa shape index (κ1) is 14.2. The zero-order valence-electron chi connectivity index (χ0n) is 11.1. The summed E-state index contributed by atoms with van der Waals surface area (Å²) >= 11 is 0. The molecule has 106 valence electrons. The molecule has 1 heterocycles. The number of halogens is 2. The number of hydrogen-bond donors (Lipinski definition) is 0. The molecule has 0 aliphatic carbocycles. The maximum Gasteiger partial charge on any atom is 0.376 e. The molecule has 0 amide bonds. The number of oxazole rings is 1. The molecule has 0 saturated heterocycles. The van der Waals surface area contributed by atoms with Crippen LogP contribution >= 0.6 is 0 Å². The molecule has 2 aromatic rings. The molecule has 0 fully saturated rings. The van der Waals surface area contributed by atoms with Crippen LogP contribution in [0.1, 0.15) is 30.1 Å². The third-order valence-corrected chi connectivity index (χ3v) is 2.67. The summed E-state index contributed by atoms with van der Waals surface area (Å²) in [4.78, 5) is 15.7. The molecular weight excluding hydrogens is 268 g/mol. The number of nitrogens with zero attached hydrogens (tertiary/aromatic N) is 1. The van der Waals surface area contributed by atoms with Crippen molar-refractivity contribution in [1.29, 1.82) is 0 Å². The van der Waals surface area contributed by atoms with E-state index < -0.39 is 23.2 Å². The van der Waals surface area contributed by atoms with Gasteiger partial charge in [0.25, 0.3) is 0 Å². The first-order chi connectivity index (χ1) is 9.58. The number of rotatable bonds is 4. The zero-order valence-corrected chi connectivity index (χ0v) is 11.1. The van der Waals surface area contributed by atoms with E-state index in [1.807, 2.05) is 0 Å². The Morgan fingerprint density at radius 1 is 1.30 bits per heavy atom. The van der Waals surface area contributed by atoms with Gasteiger partial charge in [-0.2, -0.15) is 0 Å². The largest absolute Gasteiger partial charge is 0.460 e. The summed E-state index contributed by atoms with van der Waals surface area (Å²) in [6, 6.07) is 3.43. The fraction of sp³-hybridized carbons (Fsp3) is 0.286. The second kappa shape index (κ2) is 5.81. The number of carbonyl (C=O) groups is 1. The molecule has 0 saturated carbocycles. The van der Waals surface area contributed by atoms with Crippen molar-refractivity contribution in [3.05, 3.63) is 41.3 Å². The fourth-order valence-corrected chi connectivity index (χ4v) is 1.76. The van der Waals surface area contributed by atoms with Crippen molar-refractivity contribution in [2.75, 3.05) is 6.61 Å². The summed E-state index contributed by atoms with van der Waals surface area (Å²) in [5, 5.41) is 0. The second-order valence-corrected chi connectivity index (χ2v) is 3.97. The Labute approximate surface area is 114 Å². The third kappa shape index (κ3) is 2.54. The van der Waals surface area contributed by atoms with Crippen molar-refractivity contribution in [2.45, 2.75) is 20.3 Å². The van der Waals surface area contributed by atoms with Gasteiger partial charge in [-0.05, 0) is 25.5 Å². The van der Waals surface area contributed by atoms with Gasteiger partial charge in [-0.15, -0.1) is 0 Å². The molecule has 0 unspecified atom stereocenters. The predicted octanol–water partition coefficient (Wildman–Crippen LogP) is 3.36. The lowest BCUT2D eigenvalue weighted by molar-refractivity contribution is 0.0489. The number of aryl methyl sites for hydroxylation is 1. The fourth-order valence-electron chi connectivity index (χ4n) is 1.76. The van der Waals surface area contributed by atoms with Crippen molar-refractivity contribution in [1.82, 2.24) is 4.98 Å². The first-order valence-electron chi connectivity index (χ1n) is 6.19. The topological polar surface area (TPSA) is 52.3 Å². The molecule has 6 heteroatoms. The van der Waals surface area contributed by atoms with Crippen LogP contribution in [0.3, 0.4) is 0 Å². The van der Waals surface area contributed by atoms with E-state index in [0.29, 0.717) is 12.1 Å². The molecule has 20 heavy (non-hydrogen) atoms. The molecule has 1 aromatic heterocycles. The van der Waals surface area contributed by atoms with Gasteiger partial charge in [0.05, 0.1) is 12.3 Å². The maximum absolute atomic E-state index is 13.7. The molecule has 0 radical (unpaired) electrons. The van der Waals surface area contributed by atoms with E-state index in [4.69, 9.17) is 9.15 Å². The Bertz CT molecular complexity index is 617. The molecular formula is C14H13F2NO3. The second-order valence-electron chi connectivity index (χ2n) is 3.97. The molecule has 4 nitrogen and oxygen atoms in total. The van der Waals surface area contributed by atoms with Crippen LogP contribution in [0.4, 0.5) is 8.78 Å². The predicted molar refractivity (Wildman–Crippen MR) is 67.2 cm³/mol. The Balaban J connectivity index is 2.52. The molecule has 0 N–H and O–H groups in total. The summed E-state index contributed by atoms with van der Waals surface area (Å²) in [6.07, 6.45) is 0.383. The Hall–Kier alpha value is -2.24. The molecule has 0 bridgehead atoms. The van der Waals surface area contributed by atoms with E-state index >= 15 is 0 Å². The van der Waals surface area contributed by atoms with Crippen molar-refractivity contribution in [3.63, 3.8) is 0 Å². The average Bonchev–Trinajstić information content (AvgIpc) is 2.83. The summed E-state index contributed by atoms with van der Waals surface area (Å²) < 4.78 is 37.4. The van der Waals surface area contributed by atoms with E-state index in [2.05, 4.69) is 4.98 Å². The molecule has 0 aliphatic heterocycles. The number of carbonyl (C=O) groups excluding carboxylic acids is 1. The number of esters is 1. The highest BCUT2D eigenvalue weighted by Gasteiger charge is 2.24. The van der Waals surface area contributed by atoms with Crippen molar-refractivity contribution in [2.24, 2.45) is 0 Å². The lowest BCUT2D eigenvalue weighted by Crippen LogP contribution is -2.05. The highest BCUT2D eigenvalue weighted by Crippen LogP contribution is 2.27. The van der Waals surface area contributed by atoms with Crippen molar-refractivity contribution in [3.8, 4) is 11.5 Å². The summed E-state index contributed by atoms with van der Waals surface area (Å²) in [5.41, 5.74) is -0.0844. The summed E-state index contributed by atoms with van der Waals surface area (Å²) in [7, 11) is 0. The van der Waals surface area contributed by atoms with Gasteiger partial charge in [-0.3, -0.25) is 0 Å². The van der Waals surface area contributed by atoms with Gasteiger partial charge in [-0.25, -0.2) is 18.6 Å². The Morgan fingerprint density at radius 3 is 2.50 bits per heavy atom. The number of aromatic nitrogens is 1. The average molecular weight is 281 g/mol. The van der Waals surface area contributed by atoms with Gasteiger partial charge in [0, 0.05) is 0 Å². The minimum absolute atomic E-state index is 0.119. The van der Waals surface area contributed by atoms with Gasteiger partial charge >= 0.3 is 5.97 Å². The molecule has 0 spiro atoms. The lowest BCUT2D eigenvalue weighted by Gasteiger charge is -2.00. The van der Waals surface area contributed by atoms with Crippen LogP contribution in [-0.4, -0.2) is 17.6 Å². The minimum Gasteiger partial charge on any atom is -0.460 e. The smallest absolute Gasteiger partial charge is 0.376 e. The lowest BCUT2D eigenvalue weighted by atomic mass is 10.2. The van der Waals surface area contributed by atoms with Crippen LogP contribution in [-0.2, 0) is 11.2 Å². The molecule has 0 aliphatic rings. The first-order valence-corrected chi connectivity index (χ1v) is 6.19. The third-order valence-electron chi connectivity index (χ3n) is 2.67. The number of ether oxygens (including phenoxy) is 1. The highest BCUT2D eigenvalue weighted by atomic mass is 19.1. The Kier molecular flexibility index (Phi) is 4.12. The quantitative estimate of drug-likeness (QED) is 0.806. The van der Waals surface area contributed by atoms with Crippen molar-refractivity contribution < 1.29 is 22.7 Å². The van der Waals surface area contributed by atoms with Gasteiger partial charge in [-0.1, -0.05) is 13.0 Å². The molecule has 1 aromatic carbocycles. The molecule has 0 atom stereocenters. The van der Waals surface area contributed by atoms with Crippen LogP contribution in [0, 0.1) is 11.6 Å². The molecule has 2 rings (SSSR count). The number of benzene rings is 1. The van der Waals surface area contributed by atoms with Gasteiger partial charge in [0.15, 0.2) is 0 Å². The van der Waals surface area contributed by atoms with Gasteiger partial charge < -0.3 is 9.15 Å². The van der Waals surface area contributed by atoms with Crippen LogP contribution < -0.4 is 0 Å². The van der Waals surface area contributed by atoms with Gasteiger partial charge in [0.2, 0.25) is 11.7 Å². The van der Waals surface area contributed by atoms with Crippen LogP contribution in [0.5, 0.6) is 0 Å². The van der Waals surface area contributed by atoms with E-state index in [1.54, 1.807) is 13.8 Å². The minimum atomic E-state index is -0.802. The standard InChI is InChI=1S/C14H13F2NO3/c1-3-10-12(14(18)19-4-2)20-13(17-10)11-8(15)6-5-7-9(11)16/h5-7H,3-4H2,1-2H3. The SMILES string of the molecule is CCOC(=O)c1oc(-c2c(F)cccc2F)nc1CC. The normalized spacial score (nSPS) is 10.6. The van der Waals surface area contributed by atoms with Crippen molar-refractivity contribution >= 4 is 5.97 Å². The monoisotopic (exact) mass is 281 g/mol. The summed E-state index contributed by atoms with van der Waals surface area (Å²) in [5.74, 6) is -2.68. The van der Waals surface area contributed by atoms with Crippen LogP contribution in [0.25, 0.3) is 11.5 Å². The van der Waals surface area contributed by atoms with Crippen LogP contribution in [0.15, 0.2) is 22.6 Å². The van der Waals surface area contributed by atoms with E-state index in [-0.39, 0.29) is 18.3 Å². The van der Waals surface area contributed by atoms with Crippen LogP contribution in [0.2, 0.25) is 0 Å². The van der Waals surface area contributed by atoms with E-state index in [9.17, 15) is 13.6 Å². The van der Waals surface area contributed by atoms with E-state index in [1.165, 1.54) is 6.07 Å². The van der Waals surface area contributed by atoms with E-state index in [0.717, 1.165) is 12.1 Å².